The molecule has 0 aliphatic rings. The Morgan fingerprint density at radius 1 is 0.750 bits per heavy atom. The van der Waals surface area contributed by atoms with Gasteiger partial charge in [0, 0.05) is 12.8 Å². The first-order valence-electron chi connectivity index (χ1n) is 9.01. The lowest BCUT2D eigenvalue weighted by atomic mass is 10.1. The van der Waals surface area contributed by atoms with Gasteiger partial charge in [0.15, 0.2) is 0 Å². The molecule has 0 saturated heterocycles. The van der Waals surface area contributed by atoms with E-state index >= 15 is 0 Å². The molecule has 0 amide bonds. The van der Waals surface area contributed by atoms with Crippen molar-refractivity contribution in [3.05, 3.63) is 31.6 Å². The molecule has 0 aromatic heterocycles. The van der Waals surface area contributed by atoms with Crippen molar-refractivity contribution in [2.75, 3.05) is 0 Å². The second-order valence-electron chi connectivity index (χ2n) is 5.91. The number of hydrogen-bond donors (Lipinski definition) is 0. The third-order valence-electron chi connectivity index (χ3n) is 3.83. The van der Waals surface area contributed by atoms with Crippen LogP contribution in [0, 0.1) is 32.1 Å². The van der Waals surface area contributed by atoms with Crippen molar-refractivity contribution in [1.29, 1.82) is 0 Å². The van der Waals surface area contributed by atoms with E-state index in [-0.39, 0.29) is 24.2 Å². The van der Waals surface area contributed by atoms with Gasteiger partial charge in [-0.2, -0.15) is 0 Å². The Kier molecular flexibility index (Phi) is 13.5. The molecule has 0 unspecified atom stereocenters. The van der Waals surface area contributed by atoms with E-state index in [4.69, 9.17) is 0 Å². The molecule has 0 bridgehead atoms. The van der Waals surface area contributed by atoms with Gasteiger partial charge in [-0.25, -0.2) is 0 Å². The van der Waals surface area contributed by atoms with Gasteiger partial charge in [0.1, 0.15) is 6.42 Å². The topological polar surface area (TPSA) is 86.3 Å². The predicted molar refractivity (Wildman–Crippen MR) is 95.5 cm³/mol. The van der Waals surface area contributed by atoms with Gasteiger partial charge in [0.25, 0.3) is 0 Å². The number of hydrogen-bond acceptors (Lipinski definition) is 4. The lowest BCUT2D eigenvalue weighted by molar-refractivity contribution is -0.474. The first kappa shape index (κ1) is 22.1. The highest BCUT2D eigenvalue weighted by Gasteiger charge is 2.27. The molecule has 24 heavy (non-hydrogen) atoms. The van der Waals surface area contributed by atoms with Crippen LogP contribution in [0.3, 0.4) is 0 Å². The van der Waals surface area contributed by atoms with Gasteiger partial charge >= 0.3 is 11.4 Å². The molecule has 0 atom stereocenters. The van der Waals surface area contributed by atoms with Crippen LogP contribution in [0.4, 0.5) is 0 Å². The second kappa shape index (κ2) is 14.7. The van der Waals surface area contributed by atoms with Crippen molar-refractivity contribution < 1.29 is 9.85 Å². The van der Waals surface area contributed by atoms with Gasteiger partial charge in [-0.1, -0.05) is 64.7 Å². The first-order chi connectivity index (χ1) is 11.5. The summed E-state index contributed by atoms with van der Waals surface area (Å²) in [6, 6.07) is 0. The highest BCUT2D eigenvalue weighted by Crippen LogP contribution is 2.18. The summed E-state index contributed by atoms with van der Waals surface area (Å²) in [5.41, 5.74) is -0.630. The summed E-state index contributed by atoms with van der Waals surface area (Å²) in [6.45, 7) is 4.22. The molecule has 0 aliphatic carbocycles. The highest BCUT2D eigenvalue weighted by atomic mass is 16.6. The fourth-order valence-electron chi connectivity index (χ4n) is 2.38. The molecule has 0 N–H and O–H groups in total. The number of unbranched alkanes of at least 4 members (excludes halogenated alkanes) is 8. The Morgan fingerprint density at radius 3 is 1.88 bits per heavy atom. The van der Waals surface area contributed by atoms with E-state index in [2.05, 4.69) is 25.7 Å². The lowest BCUT2D eigenvalue weighted by Gasteiger charge is -2.01. The Labute approximate surface area is 145 Å². The van der Waals surface area contributed by atoms with Crippen molar-refractivity contribution in [3.8, 4) is 11.8 Å². The molecule has 6 heteroatoms. The molecule has 0 rings (SSSR count). The molecule has 0 fully saturated rings. The summed E-state index contributed by atoms with van der Waals surface area (Å²) in [5.74, 6) is 5.60. The second-order valence-corrected chi connectivity index (χ2v) is 5.91. The molecule has 0 radical (unpaired) electrons. The van der Waals surface area contributed by atoms with E-state index in [1.165, 1.54) is 0 Å². The Morgan fingerprint density at radius 2 is 1.29 bits per heavy atom. The van der Waals surface area contributed by atoms with E-state index in [1.807, 2.05) is 0 Å². The molecule has 0 aromatic carbocycles. The quantitative estimate of drug-likeness (QED) is 0.193. The van der Waals surface area contributed by atoms with E-state index in [0.29, 0.717) is 12.8 Å². The molecule has 136 valence electrons. The number of rotatable bonds is 13. The van der Waals surface area contributed by atoms with Crippen LogP contribution in [0.1, 0.15) is 90.9 Å². The summed E-state index contributed by atoms with van der Waals surface area (Å²) < 4.78 is 0. The summed E-state index contributed by atoms with van der Waals surface area (Å²) in [5, 5.41) is 22.3. The van der Waals surface area contributed by atoms with Crippen molar-refractivity contribution in [3.63, 3.8) is 0 Å². The van der Waals surface area contributed by atoms with Crippen LogP contribution in [0.5, 0.6) is 0 Å². The fourth-order valence-corrected chi connectivity index (χ4v) is 2.38. The molecule has 0 saturated carbocycles. The molecule has 6 nitrogen and oxygen atoms in total. The molecular formula is C18H30N2O4. The van der Waals surface area contributed by atoms with E-state index < -0.39 is 9.85 Å². The lowest BCUT2D eigenvalue weighted by Crippen LogP contribution is -2.10. The normalized spacial score (nSPS) is 11.4. The zero-order chi connectivity index (χ0) is 18.2. The maximum absolute atomic E-state index is 11.2. The van der Waals surface area contributed by atoms with Crippen molar-refractivity contribution in [2.24, 2.45) is 0 Å². The van der Waals surface area contributed by atoms with Gasteiger partial charge in [-0.15, -0.1) is 5.92 Å². The Hall–Kier alpha value is -1.90. The van der Waals surface area contributed by atoms with E-state index in [0.717, 1.165) is 51.4 Å². The Bertz CT molecular complexity index is 475. The highest BCUT2D eigenvalue weighted by molar-refractivity contribution is 5.11. The molecular weight excluding hydrogens is 308 g/mol. The number of nitro groups is 2. The smallest absolute Gasteiger partial charge is 0.258 e. The zero-order valence-corrected chi connectivity index (χ0v) is 15.0. The molecule has 0 aliphatic heterocycles. The van der Waals surface area contributed by atoms with Gasteiger partial charge in [0.05, 0.1) is 9.85 Å². The monoisotopic (exact) mass is 338 g/mol. The summed E-state index contributed by atoms with van der Waals surface area (Å²) >= 11 is 0. The number of nitrogens with zero attached hydrogens (tertiary/aromatic N) is 2. The SMILES string of the molecule is CCCCCC#CCC(=C(CCCCCCCC)[N+](=O)[O-])[N+](=O)[O-]. The van der Waals surface area contributed by atoms with Crippen LogP contribution >= 0.6 is 0 Å². The minimum atomic E-state index is -0.643. The summed E-state index contributed by atoms with van der Waals surface area (Å²) in [6.07, 6.45) is 9.71. The minimum Gasteiger partial charge on any atom is -0.258 e. The Balaban J connectivity index is 4.66. The molecule has 0 aromatic rings. The average molecular weight is 338 g/mol. The van der Waals surface area contributed by atoms with Gasteiger partial charge < -0.3 is 0 Å². The maximum atomic E-state index is 11.2. The van der Waals surface area contributed by atoms with E-state index in [9.17, 15) is 20.2 Å². The van der Waals surface area contributed by atoms with Crippen LogP contribution in [-0.4, -0.2) is 9.85 Å². The van der Waals surface area contributed by atoms with Crippen LogP contribution in [0.2, 0.25) is 0 Å². The zero-order valence-electron chi connectivity index (χ0n) is 15.0. The van der Waals surface area contributed by atoms with Crippen molar-refractivity contribution >= 4 is 0 Å². The summed E-state index contributed by atoms with van der Waals surface area (Å²) in [7, 11) is 0. The van der Waals surface area contributed by atoms with Crippen LogP contribution in [0.25, 0.3) is 0 Å². The van der Waals surface area contributed by atoms with Crippen LogP contribution < -0.4 is 0 Å². The summed E-state index contributed by atoms with van der Waals surface area (Å²) in [4.78, 5) is 21.1. The third-order valence-corrected chi connectivity index (χ3v) is 3.83. The number of allylic oxidation sites excluding steroid dienone is 2. The minimum absolute atomic E-state index is 0.146. The van der Waals surface area contributed by atoms with Gasteiger partial charge in [0.2, 0.25) is 0 Å². The average Bonchev–Trinajstić information content (AvgIpc) is 2.54. The van der Waals surface area contributed by atoms with Gasteiger partial charge in [-0.05, 0) is 12.8 Å². The largest absolute Gasteiger partial charge is 0.329 e. The van der Waals surface area contributed by atoms with Gasteiger partial charge in [-0.3, -0.25) is 20.2 Å². The van der Waals surface area contributed by atoms with Crippen LogP contribution in [0.15, 0.2) is 11.4 Å². The predicted octanol–water partition coefficient (Wildman–Crippen LogP) is 5.48. The standard InChI is InChI=1S/C18H30N2O4/c1-3-5-7-9-11-13-15-17(19(21)22)18(20(23)24)16-14-12-10-8-6-4-2/h3-11,13,15-16H2,1-2H3. The maximum Gasteiger partial charge on any atom is 0.329 e. The molecule has 0 spiro atoms. The fraction of sp³-hybridized carbons (Fsp3) is 0.778. The van der Waals surface area contributed by atoms with Crippen LogP contribution in [-0.2, 0) is 0 Å². The van der Waals surface area contributed by atoms with Crippen molar-refractivity contribution in [2.45, 2.75) is 90.9 Å². The third kappa shape index (κ3) is 10.8. The molecule has 0 heterocycles. The first-order valence-corrected chi connectivity index (χ1v) is 9.01. The van der Waals surface area contributed by atoms with E-state index in [1.54, 1.807) is 0 Å². The van der Waals surface area contributed by atoms with Crippen molar-refractivity contribution in [1.82, 2.24) is 0 Å².